The van der Waals surface area contributed by atoms with Crippen molar-refractivity contribution in [3.05, 3.63) is 97.1 Å². The number of nitrogen functional groups attached to an aromatic ring is 2. The van der Waals surface area contributed by atoms with Crippen molar-refractivity contribution in [2.75, 3.05) is 11.5 Å². The molecule has 0 heterocycles. The second kappa shape index (κ2) is 83.9. The van der Waals surface area contributed by atoms with Crippen LogP contribution in [-0.4, -0.2) is 0 Å². The highest BCUT2D eigenvalue weighted by Gasteiger charge is 1.73. The summed E-state index contributed by atoms with van der Waals surface area (Å²) in [6.07, 6.45) is 2.50. The average molecular weight is 533 g/mol. The lowest BCUT2D eigenvalue weighted by Gasteiger charge is -1.83. The minimum absolute atomic E-state index is 0.822. The molecule has 2 heteroatoms. The highest BCUT2D eigenvalue weighted by molar-refractivity contribution is 5.36. The van der Waals surface area contributed by atoms with E-state index in [-0.39, 0.29) is 0 Å². The van der Waals surface area contributed by atoms with E-state index in [1.165, 1.54) is 12.8 Å². The van der Waals surface area contributed by atoms with Crippen molar-refractivity contribution in [1.82, 2.24) is 0 Å². The van der Waals surface area contributed by atoms with Gasteiger partial charge in [0.25, 0.3) is 0 Å². The van der Waals surface area contributed by atoms with Gasteiger partial charge in [0.05, 0.1) is 0 Å². The third kappa shape index (κ3) is 93.3. The average Bonchev–Trinajstić information content (AvgIpc) is 3.02. The van der Waals surface area contributed by atoms with Gasteiger partial charge in [0, 0.05) is 11.4 Å². The van der Waals surface area contributed by atoms with Gasteiger partial charge in [-0.2, -0.15) is 0 Å². The predicted octanol–water partition coefficient (Wildman–Crippen LogP) is 13.2. The van der Waals surface area contributed by atoms with Crippen molar-refractivity contribution in [3.63, 3.8) is 0 Å². The Morgan fingerprint density at radius 2 is 0.421 bits per heavy atom. The quantitative estimate of drug-likeness (QED) is 0.283. The van der Waals surface area contributed by atoms with Crippen LogP contribution in [0, 0.1) is 0 Å². The van der Waals surface area contributed by atoms with Crippen molar-refractivity contribution in [1.29, 1.82) is 0 Å². The van der Waals surface area contributed by atoms with E-state index in [1.54, 1.807) is 0 Å². The molecule has 0 aliphatic heterocycles. The maximum atomic E-state index is 5.36. The van der Waals surface area contributed by atoms with Gasteiger partial charge >= 0.3 is 0 Å². The van der Waals surface area contributed by atoms with Crippen LogP contribution in [0.2, 0.25) is 0 Å². The number of hydrogen-bond donors (Lipinski definition) is 2. The third-order valence-electron chi connectivity index (χ3n) is 2.27. The summed E-state index contributed by atoms with van der Waals surface area (Å²) < 4.78 is 0. The molecule has 0 saturated heterocycles. The lowest BCUT2D eigenvalue weighted by molar-refractivity contribution is 1.09. The minimum Gasteiger partial charge on any atom is -0.399 e. The number of nitrogens with two attached hydrogens (primary N) is 2. The van der Waals surface area contributed by atoms with E-state index in [1.807, 2.05) is 180 Å². The summed E-state index contributed by atoms with van der Waals surface area (Å²) in [4.78, 5) is 0. The Kier molecular flexibility index (Phi) is 123. The first-order chi connectivity index (χ1) is 18.6. The first-order valence-electron chi connectivity index (χ1n) is 15.2. The molecule has 0 unspecified atom stereocenters. The van der Waals surface area contributed by atoms with Gasteiger partial charge in [-0.3, -0.25) is 0 Å². The molecule has 0 saturated carbocycles. The van der Waals surface area contributed by atoms with Gasteiger partial charge in [0.1, 0.15) is 0 Å². The Hall–Kier alpha value is -2.74. The molecule has 0 radical (unpaired) electrons. The van der Waals surface area contributed by atoms with Gasteiger partial charge in [-0.05, 0) is 24.3 Å². The smallest absolute Gasteiger partial charge is 0.0313 e. The highest BCUT2D eigenvalue weighted by Crippen LogP contribution is 1.96. The van der Waals surface area contributed by atoms with E-state index in [0.29, 0.717) is 0 Å². The van der Waals surface area contributed by atoms with E-state index < -0.39 is 0 Å². The first kappa shape index (κ1) is 55.7. The second-order valence-corrected chi connectivity index (χ2v) is 5.39. The third-order valence-corrected chi connectivity index (χ3v) is 2.27. The number of benzene rings is 3. The lowest BCUT2D eigenvalue weighted by Crippen LogP contribution is -1.79. The fourth-order valence-corrected chi connectivity index (χ4v) is 1.29. The van der Waals surface area contributed by atoms with Gasteiger partial charge in [-0.15, -0.1) is 0 Å². The molecule has 4 N–H and O–H groups in total. The van der Waals surface area contributed by atoms with Crippen LogP contribution in [-0.2, 0) is 0 Å². The zero-order chi connectivity index (χ0) is 31.9. The molecule has 0 spiro atoms. The molecule has 38 heavy (non-hydrogen) atoms. The van der Waals surface area contributed by atoms with Crippen molar-refractivity contribution in [2.24, 2.45) is 0 Å². The molecule has 0 bridgehead atoms. The number of rotatable bonds is 0. The molecule has 0 aromatic heterocycles. The summed E-state index contributed by atoms with van der Waals surface area (Å²) in [5, 5.41) is 0. The molecule has 0 atom stereocenters. The maximum absolute atomic E-state index is 5.36. The predicted molar refractivity (Wildman–Crippen MR) is 188 cm³/mol. The zero-order valence-electron chi connectivity index (χ0n) is 28.8. The van der Waals surface area contributed by atoms with Gasteiger partial charge in [-0.1, -0.05) is 196 Å². The fourth-order valence-electron chi connectivity index (χ4n) is 1.29. The first-order valence-corrected chi connectivity index (χ1v) is 15.2. The van der Waals surface area contributed by atoms with Crippen molar-refractivity contribution in [2.45, 2.75) is 124 Å². The summed E-state index contributed by atoms with van der Waals surface area (Å²) in [5.74, 6) is 0. The Labute approximate surface area is 243 Å². The van der Waals surface area contributed by atoms with E-state index in [2.05, 4.69) is 27.7 Å². The highest BCUT2D eigenvalue weighted by atomic mass is 14.5. The fraction of sp³-hybridized carbons (Fsp3) is 0.500. The standard InChI is InChI=1S/2C6H7N.C6H6.2C3H8.6C2H6/c2*7-6-4-2-1-3-5-6;1-2-4-6-5-3-1;2*1-3-2;6*1-2/h2*1-5H,7H2;1-6H;2*3H2,1-2H3;6*1-2H3. The molecular weight excluding hydrogens is 460 g/mol. The molecule has 3 rings (SSSR count). The molecule has 0 fully saturated rings. The maximum Gasteiger partial charge on any atom is 0.0313 e. The van der Waals surface area contributed by atoms with E-state index in [0.717, 1.165) is 11.4 Å². The van der Waals surface area contributed by atoms with E-state index >= 15 is 0 Å². The molecular formula is C36H72N2. The molecule has 0 aliphatic rings. The summed E-state index contributed by atoms with van der Waals surface area (Å²) in [7, 11) is 0. The zero-order valence-corrected chi connectivity index (χ0v) is 28.8. The van der Waals surface area contributed by atoms with Crippen LogP contribution in [0.1, 0.15) is 124 Å². The van der Waals surface area contributed by atoms with Gasteiger partial charge in [-0.25, -0.2) is 0 Å². The second-order valence-electron chi connectivity index (χ2n) is 5.39. The van der Waals surface area contributed by atoms with E-state index in [4.69, 9.17) is 11.5 Å². The Bertz CT molecular complexity index is 501. The summed E-state index contributed by atoms with van der Waals surface area (Å²) >= 11 is 0. The normalized spacial score (nSPS) is 6.32. The number of hydrogen-bond acceptors (Lipinski definition) is 2. The summed E-state index contributed by atoms with van der Waals surface area (Å²) in [6, 6.07) is 31.0. The number of anilines is 2. The molecule has 0 aliphatic carbocycles. The monoisotopic (exact) mass is 533 g/mol. The topological polar surface area (TPSA) is 52.0 Å². The molecule has 2 nitrogen and oxygen atoms in total. The van der Waals surface area contributed by atoms with Crippen LogP contribution < -0.4 is 11.5 Å². The van der Waals surface area contributed by atoms with Gasteiger partial charge in [0.2, 0.25) is 0 Å². The number of para-hydroxylation sites is 2. The summed E-state index contributed by atoms with van der Waals surface area (Å²) in [6.45, 7) is 32.5. The Balaban J connectivity index is -0.0000000460. The molecule has 0 amide bonds. The lowest BCUT2D eigenvalue weighted by atomic mass is 10.3. The van der Waals surface area contributed by atoms with Crippen molar-refractivity contribution in [3.8, 4) is 0 Å². The SMILES string of the molecule is CC.CC.CC.CC.CC.CC.CCC.CCC.Nc1ccccc1.Nc1ccccc1.c1ccccc1. The van der Waals surface area contributed by atoms with Crippen LogP contribution in [0.4, 0.5) is 11.4 Å². The van der Waals surface area contributed by atoms with Crippen molar-refractivity contribution < 1.29 is 0 Å². The van der Waals surface area contributed by atoms with E-state index in [9.17, 15) is 0 Å². The minimum atomic E-state index is 0.822. The molecule has 3 aromatic carbocycles. The molecule has 226 valence electrons. The van der Waals surface area contributed by atoms with Crippen LogP contribution in [0.3, 0.4) is 0 Å². The molecule has 3 aromatic rings. The Morgan fingerprint density at radius 1 is 0.316 bits per heavy atom. The largest absolute Gasteiger partial charge is 0.399 e. The van der Waals surface area contributed by atoms with Crippen LogP contribution in [0.5, 0.6) is 0 Å². The van der Waals surface area contributed by atoms with Crippen LogP contribution in [0.15, 0.2) is 97.1 Å². The summed E-state index contributed by atoms with van der Waals surface area (Å²) in [5.41, 5.74) is 12.4. The van der Waals surface area contributed by atoms with Crippen LogP contribution in [0.25, 0.3) is 0 Å². The van der Waals surface area contributed by atoms with Gasteiger partial charge in [0.15, 0.2) is 0 Å². The Morgan fingerprint density at radius 3 is 0.500 bits per heavy atom. The van der Waals surface area contributed by atoms with Gasteiger partial charge < -0.3 is 11.5 Å². The van der Waals surface area contributed by atoms with Crippen molar-refractivity contribution >= 4 is 11.4 Å². The van der Waals surface area contributed by atoms with Crippen LogP contribution >= 0.6 is 0 Å².